The van der Waals surface area contributed by atoms with E-state index >= 15 is 0 Å². The SMILES string of the molecule is O=C1CN(C[C]2[CH][CH][CH][CH]2)CC2c3ccccc3CCN12.[CH]1[CH][CH][CH][CH]1.[Fe+2]. The van der Waals surface area contributed by atoms with Crippen LogP contribution in [0.3, 0.4) is 0 Å². The van der Waals surface area contributed by atoms with Crippen LogP contribution in [0.15, 0.2) is 24.3 Å². The number of amides is 1. The van der Waals surface area contributed by atoms with Crippen LogP contribution in [-0.2, 0) is 28.3 Å². The number of rotatable bonds is 2. The Bertz CT molecular complexity index is 603. The van der Waals surface area contributed by atoms with E-state index in [4.69, 9.17) is 0 Å². The number of hydrogen-bond acceptors (Lipinski definition) is 2. The zero-order chi connectivity index (χ0) is 17.8. The van der Waals surface area contributed by atoms with E-state index in [9.17, 15) is 4.79 Å². The van der Waals surface area contributed by atoms with Gasteiger partial charge in [-0.3, -0.25) is 9.69 Å². The Morgan fingerprint density at radius 2 is 1.59 bits per heavy atom. The third-order valence-electron chi connectivity index (χ3n) is 5.22. The van der Waals surface area contributed by atoms with Crippen molar-refractivity contribution in [2.75, 3.05) is 26.2 Å². The molecular formula is C23H24FeN2O+2. The Labute approximate surface area is 175 Å². The largest absolute Gasteiger partial charge is 2.00 e. The van der Waals surface area contributed by atoms with Crippen molar-refractivity contribution in [3.05, 3.63) is 99.1 Å². The predicted octanol–water partition coefficient (Wildman–Crippen LogP) is 2.85. The third-order valence-corrected chi connectivity index (χ3v) is 5.22. The Morgan fingerprint density at radius 1 is 0.926 bits per heavy atom. The topological polar surface area (TPSA) is 23.6 Å². The average molecular weight is 400 g/mol. The summed E-state index contributed by atoms with van der Waals surface area (Å²) in [4.78, 5) is 16.8. The molecule has 4 heteroatoms. The van der Waals surface area contributed by atoms with Crippen molar-refractivity contribution in [1.29, 1.82) is 0 Å². The van der Waals surface area contributed by atoms with Crippen molar-refractivity contribution in [2.45, 2.75) is 12.5 Å². The molecule has 1 amide bonds. The fourth-order valence-corrected chi connectivity index (χ4v) is 3.96. The monoisotopic (exact) mass is 400 g/mol. The molecule has 2 aliphatic heterocycles. The number of carbonyl (C=O) groups is 1. The van der Waals surface area contributed by atoms with E-state index in [1.54, 1.807) is 0 Å². The molecule has 1 unspecified atom stereocenters. The molecule has 1 saturated heterocycles. The normalized spacial score (nSPS) is 25.3. The van der Waals surface area contributed by atoms with E-state index in [1.165, 1.54) is 17.0 Å². The van der Waals surface area contributed by atoms with E-state index in [0.29, 0.717) is 6.54 Å². The first-order chi connectivity index (χ1) is 12.8. The second kappa shape index (κ2) is 10.1. The Kier molecular flexibility index (Phi) is 7.81. The minimum atomic E-state index is 0. The van der Waals surface area contributed by atoms with E-state index in [0.717, 1.165) is 26.1 Å². The summed E-state index contributed by atoms with van der Waals surface area (Å²) in [7, 11) is 0. The fraction of sp³-hybridized carbons (Fsp3) is 0.261. The molecular weight excluding hydrogens is 376 g/mol. The standard InChI is InChI=1S/C18H19N2O.C5H5.Fe/c21-18-13-19(11-14-5-1-2-6-14)12-17-16-8-4-3-7-15(16)9-10-20(17)18;1-2-4-5-3-1;/h1-8,17H,9-13H2;1-5H;/q;;+2. The van der Waals surface area contributed by atoms with E-state index in [2.05, 4.69) is 59.7 Å². The summed E-state index contributed by atoms with van der Waals surface area (Å²) in [5.41, 5.74) is 2.74. The first-order valence-corrected chi connectivity index (χ1v) is 9.28. The van der Waals surface area contributed by atoms with Crippen LogP contribution in [0.4, 0.5) is 0 Å². The van der Waals surface area contributed by atoms with Crippen molar-refractivity contribution < 1.29 is 21.9 Å². The zero-order valence-electron chi connectivity index (χ0n) is 15.3. The molecule has 1 atom stereocenters. The van der Waals surface area contributed by atoms with Gasteiger partial charge in [0.1, 0.15) is 0 Å². The maximum Gasteiger partial charge on any atom is 2.00 e. The van der Waals surface area contributed by atoms with Gasteiger partial charge in [-0.25, -0.2) is 0 Å². The number of hydrogen-bond donors (Lipinski definition) is 0. The second-order valence-electron chi connectivity index (χ2n) is 6.98. The maximum atomic E-state index is 12.5. The van der Waals surface area contributed by atoms with Gasteiger partial charge in [-0.15, -0.1) is 0 Å². The van der Waals surface area contributed by atoms with Gasteiger partial charge in [0.15, 0.2) is 0 Å². The van der Waals surface area contributed by atoms with Gasteiger partial charge in [0.05, 0.1) is 12.6 Å². The van der Waals surface area contributed by atoms with Gasteiger partial charge in [-0.2, -0.15) is 0 Å². The molecule has 2 heterocycles. The molecule has 4 aliphatic rings. The molecule has 1 aromatic rings. The van der Waals surface area contributed by atoms with Gasteiger partial charge in [-0.1, -0.05) is 24.3 Å². The zero-order valence-corrected chi connectivity index (χ0v) is 16.4. The quantitative estimate of drug-likeness (QED) is 0.713. The van der Waals surface area contributed by atoms with Crippen molar-refractivity contribution >= 4 is 5.91 Å². The van der Waals surface area contributed by atoms with E-state index in [1.807, 2.05) is 32.1 Å². The van der Waals surface area contributed by atoms with Crippen LogP contribution in [0, 0.1) is 63.7 Å². The summed E-state index contributed by atoms with van der Waals surface area (Å²) in [6, 6.07) is 8.80. The summed E-state index contributed by atoms with van der Waals surface area (Å²) in [5.74, 6) is 1.56. The molecule has 27 heavy (non-hydrogen) atoms. The van der Waals surface area contributed by atoms with Crippen LogP contribution >= 0.6 is 0 Å². The Morgan fingerprint density at radius 3 is 2.30 bits per heavy atom. The third kappa shape index (κ3) is 5.16. The molecule has 10 radical (unpaired) electrons. The molecule has 3 fully saturated rings. The van der Waals surface area contributed by atoms with Gasteiger partial charge >= 0.3 is 17.1 Å². The molecule has 5 rings (SSSR count). The van der Waals surface area contributed by atoms with E-state index in [-0.39, 0.29) is 29.0 Å². The number of piperazine rings is 1. The summed E-state index contributed by atoms with van der Waals surface area (Å²) in [5, 5.41) is 0. The first kappa shape index (κ1) is 20.9. The molecule has 0 spiro atoms. The van der Waals surface area contributed by atoms with Gasteiger partial charge < -0.3 is 4.90 Å². The van der Waals surface area contributed by atoms with Crippen LogP contribution < -0.4 is 0 Å². The summed E-state index contributed by atoms with van der Waals surface area (Å²) < 4.78 is 0. The molecule has 0 bridgehead atoms. The van der Waals surface area contributed by atoms with Gasteiger partial charge in [0.2, 0.25) is 5.91 Å². The Hall–Kier alpha value is -0.831. The number of benzene rings is 1. The Balaban J connectivity index is 0.000000306. The molecule has 2 aliphatic carbocycles. The number of nitrogens with zero attached hydrogens (tertiary/aromatic N) is 2. The van der Waals surface area contributed by atoms with Crippen LogP contribution in [0.2, 0.25) is 0 Å². The number of carbonyl (C=O) groups excluding carboxylic acids is 1. The van der Waals surface area contributed by atoms with Crippen molar-refractivity contribution in [3.63, 3.8) is 0 Å². The van der Waals surface area contributed by atoms with E-state index < -0.39 is 0 Å². The van der Waals surface area contributed by atoms with Crippen LogP contribution in [0.5, 0.6) is 0 Å². The first-order valence-electron chi connectivity index (χ1n) is 9.28. The molecule has 3 nitrogen and oxygen atoms in total. The predicted molar refractivity (Wildman–Crippen MR) is 103 cm³/mol. The molecule has 1 aromatic carbocycles. The van der Waals surface area contributed by atoms with Crippen LogP contribution in [0.25, 0.3) is 0 Å². The molecule has 0 aromatic heterocycles. The van der Waals surface area contributed by atoms with Crippen LogP contribution in [0.1, 0.15) is 17.2 Å². The van der Waals surface area contributed by atoms with Crippen molar-refractivity contribution in [2.24, 2.45) is 0 Å². The van der Waals surface area contributed by atoms with Gasteiger partial charge in [0, 0.05) is 19.6 Å². The number of fused-ring (bicyclic) bond motifs is 3. The van der Waals surface area contributed by atoms with Crippen LogP contribution in [-0.4, -0.2) is 41.9 Å². The minimum absolute atomic E-state index is 0. The van der Waals surface area contributed by atoms with Crippen molar-refractivity contribution in [3.8, 4) is 0 Å². The fourth-order valence-electron chi connectivity index (χ4n) is 3.96. The maximum absolute atomic E-state index is 12.5. The van der Waals surface area contributed by atoms with Gasteiger partial charge in [0.25, 0.3) is 0 Å². The molecule has 0 N–H and O–H groups in total. The summed E-state index contributed by atoms with van der Waals surface area (Å²) in [6.07, 6.45) is 19.4. The second-order valence-corrected chi connectivity index (χ2v) is 6.98. The smallest absolute Gasteiger partial charge is 0.333 e. The molecule has 138 valence electrons. The summed E-state index contributed by atoms with van der Waals surface area (Å²) >= 11 is 0. The average Bonchev–Trinajstić information content (AvgIpc) is 3.38. The minimum Gasteiger partial charge on any atom is -0.333 e. The summed E-state index contributed by atoms with van der Waals surface area (Å²) in [6.45, 7) is 3.22. The molecule has 2 saturated carbocycles. The van der Waals surface area contributed by atoms with Crippen molar-refractivity contribution in [1.82, 2.24) is 9.80 Å². The van der Waals surface area contributed by atoms with Gasteiger partial charge in [-0.05, 0) is 81.3 Å².